The lowest BCUT2D eigenvalue weighted by Crippen LogP contribution is -1.97. The molecule has 1 heterocycles. The zero-order valence-electron chi connectivity index (χ0n) is 8.32. The lowest BCUT2D eigenvalue weighted by Gasteiger charge is -2.04. The van der Waals surface area contributed by atoms with Gasteiger partial charge in [0.2, 0.25) is 0 Å². The molecule has 4 nitrogen and oxygen atoms in total. The predicted octanol–water partition coefficient (Wildman–Crippen LogP) is 2.89. The fourth-order valence-corrected chi connectivity index (χ4v) is 1.49. The first kappa shape index (κ1) is 11.7. The molecule has 0 aliphatic carbocycles. The standard InChI is InChI=1S/C10H6BrF2N3O/c11-8-4-9(14)16-10(15-8)17-5-1-2-6(12)7(13)3-5/h1-4H,(H2,14,15,16). The molecule has 88 valence electrons. The summed E-state index contributed by atoms with van der Waals surface area (Å²) in [6.07, 6.45) is 0. The third-order valence-electron chi connectivity index (χ3n) is 1.79. The van der Waals surface area contributed by atoms with Gasteiger partial charge in [0.25, 0.3) is 0 Å². The number of nitrogens with two attached hydrogens (primary N) is 1. The zero-order chi connectivity index (χ0) is 12.4. The number of aromatic nitrogens is 2. The van der Waals surface area contributed by atoms with Crippen molar-refractivity contribution in [1.29, 1.82) is 0 Å². The van der Waals surface area contributed by atoms with Crippen LogP contribution >= 0.6 is 15.9 Å². The predicted molar refractivity (Wildman–Crippen MR) is 60.6 cm³/mol. The summed E-state index contributed by atoms with van der Waals surface area (Å²) in [5.74, 6) is -1.68. The van der Waals surface area contributed by atoms with E-state index < -0.39 is 11.6 Å². The summed E-state index contributed by atoms with van der Waals surface area (Å²) < 4.78 is 31.2. The molecule has 0 aliphatic rings. The molecule has 1 aromatic heterocycles. The van der Waals surface area contributed by atoms with Gasteiger partial charge in [-0.05, 0) is 28.1 Å². The molecule has 0 fully saturated rings. The Balaban J connectivity index is 2.28. The summed E-state index contributed by atoms with van der Waals surface area (Å²) in [4.78, 5) is 7.65. The fraction of sp³-hybridized carbons (Fsp3) is 0. The first-order chi connectivity index (χ1) is 8.04. The maximum atomic E-state index is 12.9. The molecule has 0 aliphatic heterocycles. The number of halogens is 3. The number of nitrogens with zero attached hydrogens (tertiary/aromatic N) is 2. The summed E-state index contributed by atoms with van der Waals surface area (Å²) in [5.41, 5.74) is 5.47. The molecule has 2 aromatic rings. The minimum Gasteiger partial charge on any atom is -0.424 e. The maximum absolute atomic E-state index is 12.9. The van der Waals surface area contributed by atoms with Crippen LogP contribution in [-0.4, -0.2) is 9.97 Å². The zero-order valence-corrected chi connectivity index (χ0v) is 9.91. The molecular weight excluding hydrogens is 296 g/mol. The van der Waals surface area contributed by atoms with Gasteiger partial charge in [-0.2, -0.15) is 9.97 Å². The van der Waals surface area contributed by atoms with Crippen LogP contribution in [0.4, 0.5) is 14.6 Å². The van der Waals surface area contributed by atoms with Gasteiger partial charge >= 0.3 is 6.01 Å². The number of hydrogen-bond donors (Lipinski definition) is 1. The van der Waals surface area contributed by atoms with Crippen LogP contribution in [0.1, 0.15) is 0 Å². The molecular formula is C10H6BrF2N3O. The van der Waals surface area contributed by atoms with Gasteiger partial charge < -0.3 is 10.5 Å². The third-order valence-corrected chi connectivity index (χ3v) is 2.20. The van der Waals surface area contributed by atoms with Crippen molar-refractivity contribution in [3.63, 3.8) is 0 Å². The van der Waals surface area contributed by atoms with Crippen molar-refractivity contribution in [2.45, 2.75) is 0 Å². The van der Waals surface area contributed by atoms with E-state index in [0.29, 0.717) is 4.60 Å². The van der Waals surface area contributed by atoms with E-state index in [1.54, 1.807) is 0 Å². The van der Waals surface area contributed by atoms with Crippen LogP contribution in [0, 0.1) is 11.6 Å². The van der Waals surface area contributed by atoms with Crippen molar-refractivity contribution in [3.8, 4) is 11.8 Å². The number of anilines is 1. The lowest BCUT2D eigenvalue weighted by atomic mass is 10.3. The number of rotatable bonds is 2. The Morgan fingerprint density at radius 1 is 1.12 bits per heavy atom. The molecule has 2 N–H and O–H groups in total. The van der Waals surface area contributed by atoms with E-state index in [-0.39, 0.29) is 17.6 Å². The summed E-state index contributed by atoms with van der Waals surface area (Å²) in [5, 5.41) is 0. The van der Waals surface area contributed by atoms with Crippen LogP contribution in [0.5, 0.6) is 11.8 Å². The smallest absolute Gasteiger partial charge is 0.325 e. The van der Waals surface area contributed by atoms with Gasteiger partial charge in [-0.25, -0.2) is 8.78 Å². The van der Waals surface area contributed by atoms with Gasteiger partial charge in [0, 0.05) is 12.1 Å². The Morgan fingerprint density at radius 2 is 1.88 bits per heavy atom. The van der Waals surface area contributed by atoms with Gasteiger partial charge in [0.15, 0.2) is 11.6 Å². The third kappa shape index (κ3) is 2.88. The summed E-state index contributed by atoms with van der Waals surface area (Å²) in [6, 6.07) is 4.54. The van der Waals surface area contributed by atoms with Crippen molar-refractivity contribution >= 4 is 21.7 Å². The second kappa shape index (κ2) is 4.62. The van der Waals surface area contributed by atoms with E-state index in [9.17, 15) is 8.78 Å². The Kier molecular flexibility index (Phi) is 3.19. The van der Waals surface area contributed by atoms with E-state index in [0.717, 1.165) is 12.1 Å². The number of nitrogen functional groups attached to an aromatic ring is 1. The number of benzene rings is 1. The van der Waals surface area contributed by atoms with Crippen LogP contribution < -0.4 is 10.5 Å². The average molecular weight is 302 g/mol. The van der Waals surface area contributed by atoms with E-state index in [1.165, 1.54) is 12.1 Å². The highest BCUT2D eigenvalue weighted by Gasteiger charge is 2.07. The second-order valence-electron chi connectivity index (χ2n) is 3.08. The molecule has 2 rings (SSSR count). The fourth-order valence-electron chi connectivity index (χ4n) is 1.10. The maximum Gasteiger partial charge on any atom is 0.325 e. The average Bonchev–Trinajstić information content (AvgIpc) is 2.22. The van der Waals surface area contributed by atoms with Crippen LogP contribution in [0.25, 0.3) is 0 Å². The molecule has 0 atom stereocenters. The molecule has 0 radical (unpaired) electrons. The first-order valence-corrected chi connectivity index (χ1v) is 5.27. The van der Waals surface area contributed by atoms with E-state index in [4.69, 9.17) is 10.5 Å². The van der Waals surface area contributed by atoms with Crippen LogP contribution in [0.2, 0.25) is 0 Å². The second-order valence-corrected chi connectivity index (χ2v) is 3.89. The summed E-state index contributed by atoms with van der Waals surface area (Å²) >= 11 is 3.11. The van der Waals surface area contributed by atoms with Crippen LogP contribution in [0.3, 0.4) is 0 Å². The highest BCUT2D eigenvalue weighted by Crippen LogP contribution is 2.22. The first-order valence-electron chi connectivity index (χ1n) is 4.47. The molecule has 0 unspecified atom stereocenters. The van der Waals surface area contributed by atoms with Gasteiger partial charge in [-0.3, -0.25) is 0 Å². The van der Waals surface area contributed by atoms with Gasteiger partial charge in [0.05, 0.1) is 0 Å². The molecule has 0 spiro atoms. The quantitative estimate of drug-likeness (QED) is 0.867. The highest BCUT2D eigenvalue weighted by molar-refractivity contribution is 9.10. The largest absolute Gasteiger partial charge is 0.424 e. The summed E-state index contributed by atoms with van der Waals surface area (Å²) in [7, 11) is 0. The van der Waals surface area contributed by atoms with E-state index >= 15 is 0 Å². The summed E-state index contributed by atoms with van der Waals surface area (Å²) in [6.45, 7) is 0. The van der Waals surface area contributed by atoms with Gasteiger partial charge in [0.1, 0.15) is 16.2 Å². The molecule has 0 saturated heterocycles. The molecule has 0 saturated carbocycles. The number of hydrogen-bond acceptors (Lipinski definition) is 4. The van der Waals surface area contributed by atoms with Crippen molar-refractivity contribution in [2.75, 3.05) is 5.73 Å². The molecule has 1 aromatic carbocycles. The highest BCUT2D eigenvalue weighted by atomic mass is 79.9. The number of ether oxygens (including phenoxy) is 1. The van der Waals surface area contributed by atoms with Crippen LogP contribution in [-0.2, 0) is 0 Å². The monoisotopic (exact) mass is 301 g/mol. The van der Waals surface area contributed by atoms with E-state index in [1.807, 2.05) is 0 Å². The molecule has 0 amide bonds. The molecule has 0 bridgehead atoms. The Morgan fingerprint density at radius 3 is 2.53 bits per heavy atom. The SMILES string of the molecule is Nc1cc(Br)nc(Oc2ccc(F)c(F)c2)n1. The minimum atomic E-state index is -1.01. The van der Waals surface area contributed by atoms with Crippen molar-refractivity contribution in [3.05, 3.63) is 40.5 Å². The molecule has 17 heavy (non-hydrogen) atoms. The van der Waals surface area contributed by atoms with Crippen molar-refractivity contribution < 1.29 is 13.5 Å². The Labute approximate surface area is 104 Å². The Bertz CT molecular complexity index is 545. The van der Waals surface area contributed by atoms with Gasteiger partial charge in [-0.1, -0.05) is 0 Å². The van der Waals surface area contributed by atoms with E-state index in [2.05, 4.69) is 25.9 Å². The van der Waals surface area contributed by atoms with Crippen LogP contribution in [0.15, 0.2) is 28.9 Å². The minimum absolute atomic E-state index is 0.0529. The van der Waals surface area contributed by atoms with Gasteiger partial charge in [-0.15, -0.1) is 0 Å². The Hall–Kier alpha value is -1.76. The lowest BCUT2D eigenvalue weighted by molar-refractivity contribution is 0.430. The topological polar surface area (TPSA) is 61.0 Å². The normalized spacial score (nSPS) is 10.3. The molecule has 7 heteroatoms. The van der Waals surface area contributed by atoms with Crippen molar-refractivity contribution in [1.82, 2.24) is 9.97 Å². The van der Waals surface area contributed by atoms with Crippen molar-refractivity contribution in [2.24, 2.45) is 0 Å².